The fraction of sp³-hybridized carbons (Fsp3) is 0.481. The molecule has 2 aromatic carbocycles. The van der Waals surface area contributed by atoms with Gasteiger partial charge in [0.2, 0.25) is 0 Å². The standard InChI is InChI=1S/C27H32N2O3/c1-27-13-12-21-20-8-6-19(30)15-18(20)5-7-22(21)23(27)9-11-26(27)29-28-16-17-4-10-24(31-2)25(14-17)32-3/h4,6,8,10,14-16,21-23,30H,5,7,9,11-13H2,1-3H3/b28-16-,29-26-/t21-,22+,23+,27-/m1/s1. The number of ether oxygens (including phenoxy) is 2. The molecule has 1 N–H and O–H groups in total. The van der Waals surface area contributed by atoms with Gasteiger partial charge in [-0.05, 0) is 103 Å². The molecule has 4 atom stereocenters. The van der Waals surface area contributed by atoms with Crippen LogP contribution in [0.15, 0.2) is 46.6 Å². The maximum Gasteiger partial charge on any atom is 0.161 e. The topological polar surface area (TPSA) is 63.4 Å². The highest BCUT2D eigenvalue weighted by atomic mass is 16.5. The van der Waals surface area contributed by atoms with Crippen LogP contribution in [0.5, 0.6) is 17.2 Å². The molecule has 0 aromatic heterocycles. The fourth-order valence-electron chi connectivity index (χ4n) is 6.62. The van der Waals surface area contributed by atoms with Crippen LogP contribution < -0.4 is 9.47 Å². The van der Waals surface area contributed by atoms with Gasteiger partial charge >= 0.3 is 0 Å². The molecule has 0 aliphatic heterocycles. The lowest BCUT2D eigenvalue weighted by atomic mass is 9.55. The Kier molecular flexibility index (Phi) is 5.44. The van der Waals surface area contributed by atoms with E-state index in [0.29, 0.717) is 35.0 Å². The number of methoxy groups -OCH3 is 2. The van der Waals surface area contributed by atoms with Crippen molar-refractivity contribution in [2.45, 2.75) is 51.4 Å². The molecule has 32 heavy (non-hydrogen) atoms. The summed E-state index contributed by atoms with van der Waals surface area (Å²) < 4.78 is 10.7. The van der Waals surface area contributed by atoms with Crippen LogP contribution >= 0.6 is 0 Å². The lowest BCUT2D eigenvalue weighted by Crippen LogP contribution is -2.42. The van der Waals surface area contributed by atoms with Gasteiger partial charge in [0, 0.05) is 11.1 Å². The molecule has 0 spiro atoms. The smallest absolute Gasteiger partial charge is 0.161 e. The number of hydrogen-bond acceptors (Lipinski definition) is 5. The molecular weight excluding hydrogens is 400 g/mol. The van der Waals surface area contributed by atoms with Gasteiger partial charge in [-0.3, -0.25) is 0 Å². The van der Waals surface area contributed by atoms with Crippen LogP contribution in [0.25, 0.3) is 0 Å². The maximum atomic E-state index is 9.89. The minimum absolute atomic E-state index is 0.143. The van der Waals surface area contributed by atoms with Crippen LogP contribution in [0.2, 0.25) is 0 Å². The first-order valence-electron chi connectivity index (χ1n) is 11.7. The lowest BCUT2D eigenvalue weighted by molar-refractivity contribution is 0.0955. The summed E-state index contributed by atoms with van der Waals surface area (Å²) in [7, 11) is 3.28. The van der Waals surface area contributed by atoms with E-state index in [1.54, 1.807) is 20.4 Å². The van der Waals surface area contributed by atoms with Gasteiger partial charge < -0.3 is 14.6 Å². The molecule has 0 unspecified atom stereocenters. The number of fused-ring (bicyclic) bond motifs is 5. The first kappa shape index (κ1) is 21.0. The van der Waals surface area contributed by atoms with Crippen molar-refractivity contribution in [3.8, 4) is 17.2 Å². The maximum absolute atomic E-state index is 9.89. The summed E-state index contributed by atoms with van der Waals surface area (Å²) in [5, 5.41) is 19.1. The molecule has 5 rings (SSSR count). The molecule has 5 heteroatoms. The van der Waals surface area contributed by atoms with E-state index >= 15 is 0 Å². The van der Waals surface area contributed by atoms with Gasteiger partial charge in [0.15, 0.2) is 11.5 Å². The SMILES string of the molecule is COc1ccc(/C=N\N=C2\CC[C@H]3[C@H]4CCc5cc(O)ccc5[C@H]4CC[C@@]23C)cc1OC. The van der Waals surface area contributed by atoms with Crippen LogP contribution in [0.3, 0.4) is 0 Å². The number of nitrogens with zero attached hydrogens (tertiary/aromatic N) is 2. The molecule has 3 aliphatic carbocycles. The van der Waals surface area contributed by atoms with Gasteiger partial charge in [-0.15, -0.1) is 0 Å². The van der Waals surface area contributed by atoms with Crippen LogP contribution in [-0.2, 0) is 6.42 Å². The van der Waals surface area contributed by atoms with Gasteiger partial charge in [0.05, 0.1) is 20.4 Å². The van der Waals surface area contributed by atoms with Gasteiger partial charge in [-0.2, -0.15) is 10.2 Å². The monoisotopic (exact) mass is 432 g/mol. The molecule has 0 heterocycles. The average molecular weight is 433 g/mol. The zero-order valence-electron chi connectivity index (χ0n) is 19.2. The van der Waals surface area contributed by atoms with E-state index in [1.165, 1.54) is 36.1 Å². The van der Waals surface area contributed by atoms with E-state index in [1.807, 2.05) is 30.3 Å². The Morgan fingerprint density at radius 3 is 2.66 bits per heavy atom. The number of benzene rings is 2. The number of hydrogen-bond donors (Lipinski definition) is 1. The van der Waals surface area contributed by atoms with Crippen molar-refractivity contribution in [2.75, 3.05) is 14.2 Å². The van der Waals surface area contributed by atoms with Crippen molar-refractivity contribution < 1.29 is 14.6 Å². The van der Waals surface area contributed by atoms with E-state index in [-0.39, 0.29) is 5.41 Å². The van der Waals surface area contributed by atoms with Crippen molar-refractivity contribution in [3.63, 3.8) is 0 Å². The Labute approximate surface area is 190 Å². The van der Waals surface area contributed by atoms with Crippen LogP contribution in [-0.4, -0.2) is 31.3 Å². The van der Waals surface area contributed by atoms with Crippen molar-refractivity contribution in [1.29, 1.82) is 0 Å². The number of aryl methyl sites for hydroxylation is 1. The molecule has 168 valence electrons. The molecule has 2 saturated carbocycles. The second kappa shape index (κ2) is 8.27. The summed E-state index contributed by atoms with van der Waals surface area (Å²) in [5.74, 6) is 3.79. The quantitative estimate of drug-likeness (QED) is 0.495. The van der Waals surface area contributed by atoms with Gasteiger partial charge in [0.1, 0.15) is 5.75 Å². The predicted octanol–water partition coefficient (Wildman–Crippen LogP) is 5.74. The van der Waals surface area contributed by atoms with Crippen molar-refractivity contribution in [1.82, 2.24) is 0 Å². The predicted molar refractivity (Wildman–Crippen MR) is 127 cm³/mol. The van der Waals surface area contributed by atoms with Crippen molar-refractivity contribution >= 4 is 11.9 Å². The van der Waals surface area contributed by atoms with E-state index in [4.69, 9.17) is 14.6 Å². The summed E-state index contributed by atoms with van der Waals surface area (Å²) >= 11 is 0. The minimum atomic E-state index is 0.143. The Morgan fingerprint density at radius 1 is 1.00 bits per heavy atom. The molecule has 2 fully saturated rings. The van der Waals surface area contributed by atoms with Crippen LogP contribution in [0.1, 0.15) is 61.6 Å². The highest BCUT2D eigenvalue weighted by Gasteiger charge is 2.53. The lowest BCUT2D eigenvalue weighted by Gasteiger charge is -2.49. The third-order valence-corrected chi connectivity index (χ3v) is 8.24. The highest BCUT2D eigenvalue weighted by molar-refractivity contribution is 5.93. The van der Waals surface area contributed by atoms with E-state index in [9.17, 15) is 5.11 Å². The molecule has 5 nitrogen and oxygen atoms in total. The summed E-state index contributed by atoms with van der Waals surface area (Å²) in [6, 6.07) is 11.8. The average Bonchev–Trinajstić information content (AvgIpc) is 3.15. The minimum Gasteiger partial charge on any atom is -0.508 e. The Balaban J connectivity index is 1.35. The summed E-state index contributed by atoms with van der Waals surface area (Å²) in [4.78, 5) is 0. The normalized spacial score (nSPS) is 30.1. The van der Waals surface area contributed by atoms with Crippen LogP contribution in [0.4, 0.5) is 0 Å². The van der Waals surface area contributed by atoms with Crippen molar-refractivity contribution in [2.24, 2.45) is 27.5 Å². The Bertz CT molecular complexity index is 1080. The number of rotatable bonds is 4. The van der Waals surface area contributed by atoms with E-state index in [0.717, 1.165) is 24.8 Å². The van der Waals surface area contributed by atoms with E-state index in [2.05, 4.69) is 18.1 Å². The number of phenolic OH excluding ortho intramolecular Hbond substituents is 1. The van der Waals surface area contributed by atoms with Crippen LogP contribution in [0, 0.1) is 17.3 Å². The van der Waals surface area contributed by atoms with E-state index < -0.39 is 0 Å². The molecular formula is C27H32N2O3. The number of phenols is 1. The fourth-order valence-corrected chi connectivity index (χ4v) is 6.62. The summed E-state index contributed by atoms with van der Waals surface area (Å²) in [6.45, 7) is 2.41. The summed E-state index contributed by atoms with van der Waals surface area (Å²) in [5.41, 5.74) is 5.17. The largest absolute Gasteiger partial charge is 0.508 e. The van der Waals surface area contributed by atoms with Gasteiger partial charge in [-0.1, -0.05) is 13.0 Å². The van der Waals surface area contributed by atoms with Crippen molar-refractivity contribution in [3.05, 3.63) is 53.1 Å². The first-order valence-corrected chi connectivity index (χ1v) is 11.7. The molecule has 3 aliphatic rings. The molecule has 0 saturated heterocycles. The molecule has 0 amide bonds. The zero-order chi connectivity index (χ0) is 22.3. The second-order valence-electron chi connectivity index (χ2n) is 9.70. The molecule has 0 bridgehead atoms. The first-order chi connectivity index (χ1) is 15.5. The second-order valence-corrected chi connectivity index (χ2v) is 9.70. The molecule has 0 radical (unpaired) electrons. The third-order valence-electron chi connectivity index (χ3n) is 8.24. The summed E-state index contributed by atoms with van der Waals surface area (Å²) in [6.07, 6.45) is 8.68. The zero-order valence-corrected chi connectivity index (χ0v) is 19.2. The highest BCUT2D eigenvalue weighted by Crippen LogP contribution is 2.60. The Morgan fingerprint density at radius 2 is 1.84 bits per heavy atom. The third kappa shape index (κ3) is 3.48. The van der Waals surface area contributed by atoms with Gasteiger partial charge in [-0.25, -0.2) is 0 Å². The van der Waals surface area contributed by atoms with Gasteiger partial charge in [0.25, 0.3) is 0 Å². The molecule has 2 aromatic rings. The Hall–Kier alpha value is -2.82. The number of aromatic hydroxyl groups is 1.